The summed E-state index contributed by atoms with van der Waals surface area (Å²) in [5, 5.41) is 10.7. The van der Waals surface area contributed by atoms with Crippen LogP contribution < -0.4 is 9.84 Å². The van der Waals surface area contributed by atoms with Gasteiger partial charge in [0.05, 0.1) is 5.97 Å². The number of halogens is 1. The van der Waals surface area contributed by atoms with Crippen molar-refractivity contribution >= 4 is 5.97 Å². The van der Waals surface area contributed by atoms with E-state index in [0.717, 1.165) is 0 Å². The summed E-state index contributed by atoms with van der Waals surface area (Å²) in [5.74, 6) is -1.19. The van der Waals surface area contributed by atoms with Crippen LogP contribution in [0.3, 0.4) is 0 Å². The summed E-state index contributed by atoms with van der Waals surface area (Å²) < 4.78 is 18.3. The second-order valence-electron chi connectivity index (χ2n) is 3.73. The SMILES string of the molecule is O=C([O-])c1cccc(OCc2cccc(F)c2)c1. The third-order valence-electron chi connectivity index (χ3n) is 2.36. The average molecular weight is 245 g/mol. The summed E-state index contributed by atoms with van der Waals surface area (Å²) in [6, 6.07) is 12.0. The Morgan fingerprint density at radius 1 is 1.17 bits per heavy atom. The van der Waals surface area contributed by atoms with E-state index in [1.54, 1.807) is 24.3 Å². The number of carbonyl (C=O) groups excluding carboxylic acids is 1. The molecule has 2 aromatic carbocycles. The fourth-order valence-electron chi connectivity index (χ4n) is 1.51. The molecular formula is C14H10FO3-. The first-order valence-corrected chi connectivity index (χ1v) is 5.34. The summed E-state index contributed by atoms with van der Waals surface area (Å²) in [4.78, 5) is 10.7. The summed E-state index contributed by atoms with van der Waals surface area (Å²) in [7, 11) is 0. The molecule has 4 heteroatoms. The van der Waals surface area contributed by atoms with Gasteiger partial charge in [0.2, 0.25) is 0 Å². The molecule has 0 amide bonds. The molecule has 0 heterocycles. The lowest BCUT2D eigenvalue weighted by atomic mass is 10.2. The van der Waals surface area contributed by atoms with Crippen molar-refractivity contribution in [3.63, 3.8) is 0 Å². The van der Waals surface area contributed by atoms with Crippen molar-refractivity contribution in [3.05, 3.63) is 65.5 Å². The Balaban J connectivity index is 2.06. The van der Waals surface area contributed by atoms with Gasteiger partial charge in [0.25, 0.3) is 0 Å². The van der Waals surface area contributed by atoms with Gasteiger partial charge in [-0.25, -0.2) is 4.39 Å². The van der Waals surface area contributed by atoms with Gasteiger partial charge < -0.3 is 14.6 Å². The Kier molecular flexibility index (Phi) is 3.57. The largest absolute Gasteiger partial charge is 0.545 e. The summed E-state index contributed by atoms with van der Waals surface area (Å²) in [5.41, 5.74) is 0.723. The van der Waals surface area contributed by atoms with Gasteiger partial charge in [-0.15, -0.1) is 0 Å². The van der Waals surface area contributed by atoms with Gasteiger partial charge in [-0.1, -0.05) is 24.3 Å². The molecule has 0 radical (unpaired) electrons. The maximum Gasteiger partial charge on any atom is 0.123 e. The lowest BCUT2D eigenvalue weighted by Gasteiger charge is -2.08. The molecule has 0 aliphatic heterocycles. The highest BCUT2D eigenvalue weighted by Gasteiger charge is 1.99. The first-order valence-electron chi connectivity index (χ1n) is 5.34. The van der Waals surface area contributed by atoms with Gasteiger partial charge in [0.15, 0.2) is 0 Å². The van der Waals surface area contributed by atoms with Crippen LogP contribution in [0.5, 0.6) is 5.75 Å². The minimum atomic E-state index is -1.26. The molecular weight excluding hydrogens is 235 g/mol. The number of carboxylic acid groups (broad SMARTS) is 1. The second-order valence-corrected chi connectivity index (χ2v) is 3.73. The third kappa shape index (κ3) is 3.07. The molecule has 0 N–H and O–H groups in total. The molecule has 0 bridgehead atoms. The minimum absolute atomic E-state index is 0.0479. The van der Waals surface area contributed by atoms with Crippen molar-refractivity contribution in [2.45, 2.75) is 6.61 Å². The number of hydrogen-bond donors (Lipinski definition) is 0. The van der Waals surface area contributed by atoms with E-state index in [0.29, 0.717) is 11.3 Å². The molecule has 0 unspecified atom stereocenters. The molecule has 92 valence electrons. The summed E-state index contributed by atoms with van der Waals surface area (Å²) in [6.07, 6.45) is 0. The van der Waals surface area contributed by atoms with Gasteiger partial charge in [0, 0.05) is 5.56 Å². The number of carbonyl (C=O) groups is 1. The van der Waals surface area contributed by atoms with Crippen LogP contribution in [0.2, 0.25) is 0 Å². The first kappa shape index (κ1) is 12.1. The Bertz CT molecular complexity index is 566. The highest BCUT2D eigenvalue weighted by atomic mass is 19.1. The fourth-order valence-corrected chi connectivity index (χ4v) is 1.51. The lowest BCUT2D eigenvalue weighted by Crippen LogP contribution is -2.22. The molecule has 0 aromatic heterocycles. The summed E-state index contributed by atoms with van der Waals surface area (Å²) >= 11 is 0. The van der Waals surface area contributed by atoms with Gasteiger partial charge in [-0.3, -0.25) is 0 Å². The number of aromatic carboxylic acids is 1. The van der Waals surface area contributed by atoms with Crippen LogP contribution >= 0.6 is 0 Å². The van der Waals surface area contributed by atoms with Crippen molar-refractivity contribution < 1.29 is 19.0 Å². The van der Waals surface area contributed by atoms with Crippen LogP contribution in [-0.4, -0.2) is 5.97 Å². The Morgan fingerprint density at radius 3 is 2.67 bits per heavy atom. The maximum atomic E-state index is 12.9. The molecule has 0 atom stereocenters. The van der Waals surface area contributed by atoms with E-state index in [2.05, 4.69) is 0 Å². The number of benzene rings is 2. The molecule has 0 fully saturated rings. The van der Waals surface area contributed by atoms with Crippen LogP contribution in [-0.2, 0) is 6.61 Å². The van der Waals surface area contributed by atoms with E-state index < -0.39 is 5.97 Å². The van der Waals surface area contributed by atoms with E-state index in [1.807, 2.05) is 0 Å². The standard InChI is InChI=1S/C14H11FO3/c15-12-5-1-3-10(7-12)9-18-13-6-2-4-11(8-13)14(16)17/h1-8H,9H2,(H,16,17)/p-1. The quantitative estimate of drug-likeness (QED) is 0.824. The Labute approximate surface area is 103 Å². The predicted octanol–water partition coefficient (Wildman–Crippen LogP) is 1.77. The zero-order valence-corrected chi connectivity index (χ0v) is 9.43. The fraction of sp³-hybridized carbons (Fsp3) is 0.0714. The molecule has 18 heavy (non-hydrogen) atoms. The van der Waals surface area contributed by atoms with Crippen LogP contribution in [0.25, 0.3) is 0 Å². The normalized spacial score (nSPS) is 10.1. The van der Waals surface area contributed by atoms with Crippen LogP contribution in [0.1, 0.15) is 15.9 Å². The van der Waals surface area contributed by atoms with Crippen molar-refractivity contribution in [1.29, 1.82) is 0 Å². The Hall–Kier alpha value is -2.36. The van der Waals surface area contributed by atoms with Gasteiger partial charge in [-0.05, 0) is 29.8 Å². The van der Waals surface area contributed by atoms with Crippen molar-refractivity contribution in [1.82, 2.24) is 0 Å². The molecule has 0 aliphatic rings. The lowest BCUT2D eigenvalue weighted by molar-refractivity contribution is -0.255. The Morgan fingerprint density at radius 2 is 1.94 bits per heavy atom. The molecule has 0 saturated heterocycles. The highest BCUT2D eigenvalue weighted by Crippen LogP contribution is 2.15. The van der Waals surface area contributed by atoms with Gasteiger partial charge in [-0.2, -0.15) is 0 Å². The van der Waals surface area contributed by atoms with Crippen molar-refractivity contribution in [2.75, 3.05) is 0 Å². The van der Waals surface area contributed by atoms with Crippen molar-refractivity contribution in [3.8, 4) is 5.75 Å². The predicted molar refractivity (Wildman–Crippen MR) is 61.5 cm³/mol. The number of ether oxygens (including phenoxy) is 1. The minimum Gasteiger partial charge on any atom is -0.545 e. The maximum absolute atomic E-state index is 12.9. The van der Waals surface area contributed by atoms with Gasteiger partial charge >= 0.3 is 0 Å². The smallest absolute Gasteiger partial charge is 0.123 e. The molecule has 3 nitrogen and oxygen atoms in total. The van der Waals surface area contributed by atoms with E-state index in [-0.39, 0.29) is 18.0 Å². The van der Waals surface area contributed by atoms with Gasteiger partial charge in [0.1, 0.15) is 18.2 Å². The van der Waals surface area contributed by atoms with Crippen molar-refractivity contribution in [2.24, 2.45) is 0 Å². The first-order chi connectivity index (χ1) is 8.65. The number of carboxylic acids is 1. The molecule has 0 aliphatic carbocycles. The average Bonchev–Trinajstić information content (AvgIpc) is 2.37. The highest BCUT2D eigenvalue weighted by molar-refractivity contribution is 5.86. The zero-order valence-electron chi connectivity index (χ0n) is 9.43. The van der Waals surface area contributed by atoms with Crippen LogP contribution in [0.15, 0.2) is 48.5 Å². The van der Waals surface area contributed by atoms with E-state index in [4.69, 9.17) is 4.74 Å². The molecule has 2 rings (SSSR count). The number of rotatable bonds is 4. The van der Waals surface area contributed by atoms with E-state index >= 15 is 0 Å². The number of hydrogen-bond acceptors (Lipinski definition) is 3. The molecule has 0 saturated carbocycles. The van der Waals surface area contributed by atoms with E-state index in [1.165, 1.54) is 24.3 Å². The molecule has 2 aromatic rings. The topological polar surface area (TPSA) is 49.4 Å². The monoisotopic (exact) mass is 245 g/mol. The zero-order chi connectivity index (χ0) is 13.0. The van der Waals surface area contributed by atoms with Crippen LogP contribution in [0, 0.1) is 5.82 Å². The molecule has 0 spiro atoms. The second kappa shape index (κ2) is 5.31. The third-order valence-corrected chi connectivity index (χ3v) is 2.36. The van der Waals surface area contributed by atoms with E-state index in [9.17, 15) is 14.3 Å². The summed E-state index contributed by atoms with van der Waals surface area (Å²) in [6.45, 7) is 0.175. The van der Waals surface area contributed by atoms with Crippen LogP contribution in [0.4, 0.5) is 4.39 Å².